The van der Waals surface area contributed by atoms with Crippen molar-refractivity contribution >= 4 is 23.3 Å². The highest BCUT2D eigenvalue weighted by molar-refractivity contribution is 6.20. The molecule has 1 aromatic heterocycles. The topological polar surface area (TPSA) is 88.0 Å². The fourth-order valence-electron chi connectivity index (χ4n) is 2.37. The molecule has 1 amide bonds. The fourth-order valence-corrected chi connectivity index (χ4v) is 2.77. The maximum atomic E-state index is 11.8. The minimum absolute atomic E-state index is 0.177. The van der Waals surface area contributed by atoms with Crippen molar-refractivity contribution in [2.24, 2.45) is 5.92 Å². The average Bonchev–Trinajstić information content (AvgIpc) is 2.86. The van der Waals surface area contributed by atoms with E-state index in [1.807, 2.05) is 0 Å². The van der Waals surface area contributed by atoms with E-state index < -0.39 is 4.92 Å². The third-order valence-electron chi connectivity index (χ3n) is 3.38. The number of carbonyl (C=O) groups excluding carboxylic acids is 1. The number of H-pyrrole nitrogens is 1. The highest BCUT2D eigenvalue weighted by Gasteiger charge is 2.22. The van der Waals surface area contributed by atoms with Gasteiger partial charge in [-0.15, -0.1) is 11.6 Å². The number of nitro groups is 1. The third kappa shape index (κ3) is 3.70. The van der Waals surface area contributed by atoms with Gasteiger partial charge in [-0.2, -0.15) is 0 Å². The van der Waals surface area contributed by atoms with Crippen molar-refractivity contribution in [2.45, 2.75) is 31.1 Å². The summed E-state index contributed by atoms with van der Waals surface area (Å²) in [5.41, 5.74) is 0.213. The molecule has 0 radical (unpaired) electrons. The smallest absolute Gasteiger partial charge is 0.321 e. The van der Waals surface area contributed by atoms with Crippen molar-refractivity contribution < 1.29 is 9.72 Å². The molecule has 2 rings (SSSR count). The molecule has 1 heterocycles. The number of aromatic nitrogens is 1. The first-order valence-corrected chi connectivity index (χ1v) is 6.75. The zero-order valence-electron chi connectivity index (χ0n) is 10.4. The molecule has 0 spiro atoms. The average molecular weight is 286 g/mol. The summed E-state index contributed by atoms with van der Waals surface area (Å²) in [5.74, 6) is -0.0985. The fraction of sp³-hybridized carbons (Fsp3) is 0.583. The molecular weight excluding hydrogens is 270 g/mol. The van der Waals surface area contributed by atoms with E-state index in [1.54, 1.807) is 0 Å². The van der Waals surface area contributed by atoms with E-state index in [4.69, 9.17) is 11.6 Å². The molecule has 0 bridgehead atoms. The summed E-state index contributed by atoms with van der Waals surface area (Å²) in [7, 11) is 0. The number of aromatic amines is 1. The van der Waals surface area contributed by atoms with Gasteiger partial charge in [-0.05, 0) is 36.2 Å². The second-order valence-electron chi connectivity index (χ2n) is 4.85. The summed E-state index contributed by atoms with van der Waals surface area (Å²) in [6.45, 7) is 0.564. The first-order valence-electron chi connectivity index (χ1n) is 6.32. The monoisotopic (exact) mass is 285 g/mol. The van der Waals surface area contributed by atoms with E-state index in [0.29, 0.717) is 12.5 Å². The van der Waals surface area contributed by atoms with Crippen LogP contribution < -0.4 is 5.32 Å². The van der Waals surface area contributed by atoms with Gasteiger partial charge < -0.3 is 15.4 Å². The van der Waals surface area contributed by atoms with Crippen molar-refractivity contribution in [3.63, 3.8) is 0 Å². The van der Waals surface area contributed by atoms with Gasteiger partial charge in [0.05, 0.1) is 0 Å². The lowest BCUT2D eigenvalue weighted by molar-refractivity contribution is -0.389. The van der Waals surface area contributed by atoms with Crippen LogP contribution in [0.15, 0.2) is 12.1 Å². The SMILES string of the molecule is O=C(NCC1CCCC(Cl)C1)c1ccc([N+](=O)[O-])[nH]1. The lowest BCUT2D eigenvalue weighted by Crippen LogP contribution is -2.32. The van der Waals surface area contributed by atoms with E-state index in [-0.39, 0.29) is 22.8 Å². The van der Waals surface area contributed by atoms with Crippen LogP contribution in [0.5, 0.6) is 0 Å². The number of alkyl halides is 1. The molecule has 1 aliphatic carbocycles. The Balaban J connectivity index is 1.85. The molecule has 0 saturated heterocycles. The lowest BCUT2D eigenvalue weighted by Gasteiger charge is -2.25. The van der Waals surface area contributed by atoms with Crippen LogP contribution in [0.3, 0.4) is 0 Å². The van der Waals surface area contributed by atoms with Gasteiger partial charge in [0, 0.05) is 18.0 Å². The summed E-state index contributed by atoms with van der Waals surface area (Å²) < 4.78 is 0. The van der Waals surface area contributed by atoms with Gasteiger partial charge in [-0.25, -0.2) is 4.98 Å². The maximum absolute atomic E-state index is 11.8. The Morgan fingerprint density at radius 3 is 2.95 bits per heavy atom. The maximum Gasteiger partial charge on any atom is 0.321 e. The number of carbonyl (C=O) groups is 1. The van der Waals surface area contributed by atoms with E-state index in [1.165, 1.54) is 12.1 Å². The van der Waals surface area contributed by atoms with Crippen LogP contribution in [0.4, 0.5) is 5.82 Å². The Morgan fingerprint density at radius 1 is 1.53 bits per heavy atom. The first kappa shape index (κ1) is 13.9. The summed E-state index contributed by atoms with van der Waals surface area (Å²) in [5, 5.41) is 13.5. The predicted molar refractivity (Wildman–Crippen MR) is 71.4 cm³/mol. The Labute approximate surface area is 115 Å². The number of nitrogens with zero attached hydrogens (tertiary/aromatic N) is 1. The minimum Gasteiger partial charge on any atom is -0.358 e. The lowest BCUT2D eigenvalue weighted by atomic mass is 9.89. The van der Waals surface area contributed by atoms with Crippen LogP contribution in [0.2, 0.25) is 0 Å². The number of hydrogen-bond acceptors (Lipinski definition) is 3. The van der Waals surface area contributed by atoms with Crippen molar-refractivity contribution in [2.75, 3.05) is 6.54 Å². The van der Waals surface area contributed by atoms with Crippen molar-refractivity contribution in [3.8, 4) is 0 Å². The van der Waals surface area contributed by atoms with Crippen LogP contribution in [0.1, 0.15) is 36.2 Å². The molecule has 1 aliphatic rings. The van der Waals surface area contributed by atoms with Gasteiger partial charge in [0.15, 0.2) is 5.69 Å². The second-order valence-corrected chi connectivity index (χ2v) is 5.47. The molecule has 2 atom stereocenters. The normalized spacial score (nSPS) is 23.0. The van der Waals surface area contributed by atoms with Crippen LogP contribution in [-0.4, -0.2) is 27.7 Å². The van der Waals surface area contributed by atoms with Gasteiger partial charge in [0.25, 0.3) is 5.91 Å². The zero-order valence-corrected chi connectivity index (χ0v) is 11.2. The first-order chi connectivity index (χ1) is 9.06. The van der Waals surface area contributed by atoms with Crippen LogP contribution in [0, 0.1) is 16.0 Å². The molecule has 1 aromatic rings. The largest absolute Gasteiger partial charge is 0.358 e. The molecule has 1 saturated carbocycles. The Kier molecular flexibility index (Phi) is 4.42. The number of nitrogens with one attached hydrogen (secondary N) is 2. The molecule has 19 heavy (non-hydrogen) atoms. The highest BCUT2D eigenvalue weighted by atomic mass is 35.5. The van der Waals surface area contributed by atoms with Crippen LogP contribution >= 0.6 is 11.6 Å². The third-order valence-corrected chi connectivity index (χ3v) is 3.78. The molecule has 2 N–H and O–H groups in total. The summed E-state index contributed by atoms with van der Waals surface area (Å²) in [6, 6.07) is 2.70. The Morgan fingerprint density at radius 2 is 2.32 bits per heavy atom. The molecule has 6 nitrogen and oxygen atoms in total. The number of halogens is 1. The quantitative estimate of drug-likeness (QED) is 0.506. The molecular formula is C12H16ClN3O3. The van der Waals surface area contributed by atoms with Crippen molar-refractivity contribution in [1.29, 1.82) is 0 Å². The highest BCUT2D eigenvalue weighted by Crippen LogP contribution is 2.27. The Bertz CT molecular complexity index is 475. The minimum atomic E-state index is -0.560. The molecule has 2 unspecified atom stereocenters. The summed E-state index contributed by atoms with van der Waals surface area (Å²) >= 11 is 6.09. The van der Waals surface area contributed by atoms with Crippen LogP contribution in [-0.2, 0) is 0 Å². The van der Waals surface area contributed by atoms with Gasteiger partial charge in [-0.3, -0.25) is 4.79 Å². The number of hydrogen-bond donors (Lipinski definition) is 2. The predicted octanol–water partition coefficient (Wildman–Crippen LogP) is 2.45. The van der Waals surface area contributed by atoms with Gasteiger partial charge >= 0.3 is 5.82 Å². The molecule has 0 aliphatic heterocycles. The number of amides is 1. The molecule has 104 valence electrons. The van der Waals surface area contributed by atoms with Crippen molar-refractivity contribution in [3.05, 3.63) is 27.9 Å². The van der Waals surface area contributed by atoms with Gasteiger partial charge in [-0.1, -0.05) is 6.42 Å². The molecule has 1 fully saturated rings. The van der Waals surface area contributed by atoms with Gasteiger partial charge in [0.1, 0.15) is 0 Å². The van der Waals surface area contributed by atoms with E-state index >= 15 is 0 Å². The molecule has 7 heteroatoms. The Hall–Kier alpha value is -1.56. The van der Waals surface area contributed by atoms with E-state index in [2.05, 4.69) is 10.3 Å². The zero-order chi connectivity index (χ0) is 13.8. The van der Waals surface area contributed by atoms with E-state index in [9.17, 15) is 14.9 Å². The second kappa shape index (κ2) is 6.06. The molecule has 0 aromatic carbocycles. The van der Waals surface area contributed by atoms with Crippen molar-refractivity contribution in [1.82, 2.24) is 10.3 Å². The standard InChI is InChI=1S/C12H16ClN3O3/c13-9-3-1-2-8(6-9)7-14-12(17)10-4-5-11(15-10)16(18)19/h4-5,8-9,15H,1-3,6-7H2,(H,14,17). The summed E-state index contributed by atoms with van der Waals surface area (Å²) in [4.78, 5) is 24.2. The van der Waals surface area contributed by atoms with E-state index in [0.717, 1.165) is 25.7 Å². The van der Waals surface area contributed by atoms with Crippen LogP contribution in [0.25, 0.3) is 0 Å². The van der Waals surface area contributed by atoms with Gasteiger partial charge in [0.2, 0.25) is 0 Å². The summed E-state index contributed by atoms with van der Waals surface area (Å²) in [6.07, 6.45) is 4.10. The number of rotatable bonds is 4.